The van der Waals surface area contributed by atoms with Gasteiger partial charge in [-0.15, -0.1) is 11.3 Å². The molecule has 2 aromatic heterocycles. The van der Waals surface area contributed by atoms with Gasteiger partial charge in [-0.2, -0.15) is 0 Å². The maximum Gasteiger partial charge on any atom is 0.126 e. The molecule has 0 aliphatic heterocycles. The topological polar surface area (TPSA) is 51.8 Å². The summed E-state index contributed by atoms with van der Waals surface area (Å²) in [5.74, 6) is 0.533. The van der Waals surface area contributed by atoms with Crippen LogP contribution in [0, 0.1) is 6.92 Å². The summed E-state index contributed by atoms with van der Waals surface area (Å²) in [7, 11) is 0. The smallest absolute Gasteiger partial charge is 0.126 e. The Bertz CT molecular complexity index is 671. The van der Waals surface area contributed by atoms with Crippen molar-refractivity contribution in [1.29, 1.82) is 0 Å². The van der Waals surface area contributed by atoms with E-state index >= 15 is 0 Å². The van der Waals surface area contributed by atoms with Gasteiger partial charge in [-0.3, -0.25) is 0 Å². The number of rotatable bonds is 1. The number of nitrogen functional groups attached to an aromatic ring is 1. The number of aromatic nitrogens is 2. The third kappa shape index (κ3) is 1.87. The number of anilines is 1. The van der Waals surface area contributed by atoms with Gasteiger partial charge in [0, 0.05) is 11.8 Å². The minimum Gasteiger partial charge on any atom is -0.384 e. The zero-order valence-electron chi connectivity index (χ0n) is 9.34. The molecule has 1 aromatic carbocycles. The average Bonchev–Trinajstić information content (AvgIpc) is 2.72. The molecule has 3 rings (SSSR count). The van der Waals surface area contributed by atoms with Gasteiger partial charge in [-0.25, -0.2) is 9.97 Å². The standard InChI is InChI=1S/C13H11N3S/c1-8-2-4-11-10(6-8)16-13(17-11)9-3-5-12(14)15-7-9/h2-7H,1H3,(H2,14,15). The van der Waals surface area contributed by atoms with Gasteiger partial charge >= 0.3 is 0 Å². The van der Waals surface area contributed by atoms with Crippen LogP contribution in [-0.4, -0.2) is 9.97 Å². The number of hydrogen-bond acceptors (Lipinski definition) is 4. The first-order chi connectivity index (χ1) is 8.22. The van der Waals surface area contributed by atoms with Gasteiger partial charge in [0.15, 0.2) is 0 Å². The van der Waals surface area contributed by atoms with E-state index in [1.54, 1.807) is 23.6 Å². The van der Waals surface area contributed by atoms with Gasteiger partial charge in [-0.1, -0.05) is 6.07 Å². The van der Waals surface area contributed by atoms with E-state index in [4.69, 9.17) is 5.73 Å². The minimum atomic E-state index is 0.533. The summed E-state index contributed by atoms with van der Waals surface area (Å²) < 4.78 is 1.20. The molecule has 0 amide bonds. The highest BCUT2D eigenvalue weighted by Gasteiger charge is 2.06. The predicted molar refractivity (Wildman–Crippen MR) is 72.0 cm³/mol. The molecule has 0 bridgehead atoms. The monoisotopic (exact) mass is 241 g/mol. The lowest BCUT2D eigenvalue weighted by Gasteiger charge is -1.95. The fourth-order valence-corrected chi connectivity index (χ4v) is 2.63. The molecule has 3 nitrogen and oxygen atoms in total. The Morgan fingerprint density at radius 3 is 2.82 bits per heavy atom. The van der Waals surface area contributed by atoms with Crippen LogP contribution in [0.4, 0.5) is 5.82 Å². The van der Waals surface area contributed by atoms with Crippen molar-refractivity contribution in [1.82, 2.24) is 9.97 Å². The molecule has 3 aromatic rings. The van der Waals surface area contributed by atoms with Gasteiger partial charge in [0.2, 0.25) is 0 Å². The van der Waals surface area contributed by atoms with Crippen LogP contribution < -0.4 is 5.73 Å². The molecule has 17 heavy (non-hydrogen) atoms. The Hall–Kier alpha value is -1.94. The highest BCUT2D eigenvalue weighted by Crippen LogP contribution is 2.30. The summed E-state index contributed by atoms with van der Waals surface area (Å²) in [6, 6.07) is 10.1. The summed E-state index contributed by atoms with van der Waals surface area (Å²) in [6.45, 7) is 2.07. The van der Waals surface area contributed by atoms with E-state index in [0.29, 0.717) is 5.82 Å². The Kier molecular flexibility index (Phi) is 2.30. The van der Waals surface area contributed by atoms with Crippen molar-refractivity contribution in [3.8, 4) is 10.6 Å². The van der Waals surface area contributed by atoms with Crippen LogP contribution in [0.1, 0.15) is 5.56 Å². The molecule has 0 aliphatic rings. The first-order valence-corrected chi connectivity index (χ1v) is 6.13. The van der Waals surface area contributed by atoms with Crippen molar-refractivity contribution in [2.75, 3.05) is 5.73 Å². The molecule has 0 aliphatic carbocycles. The van der Waals surface area contributed by atoms with E-state index < -0.39 is 0 Å². The molecular weight excluding hydrogens is 230 g/mol. The van der Waals surface area contributed by atoms with Crippen molar-refractivity contribution in [3.63, 3.8) is 0 Å². The maximum absolute atomic E-state index is 5.57. The van der Waals surface area contributed by atoms with Crippen LogP contribution in [0.2, 0.25) is 0 Å². The first kappa shape index (κ1) is 10.2. The molecule has 0 saturated heterocycles. The summed E-state index contributed by atoms with van der Waals surface area (Å²) in [6.07, 6.45) is 1.76. The molecule has 2 N–H and O–H groups in total. The van der Waals surface area contributed by atoms with Gasteiger partial charge in [-0.05, 0) is 36.8 Å². The van der Waals surface area contributed by atoms with Gasteiger partial charge in [0.05, 0.1) is 10.2 Å². The summed E-state index contributed by atoms with van der Waals surface area (Å²) in [5, 5.41) is 0.984. The third-order valence-electron chi connectivity index (χ3n) is 2.58. The molecule has 0 saturated carbocycles. The lowest BCUT2D eigenvalue weighted by Crippen LogP contribution is -1.88. The largest absolute Gasteiger partial charge is 0.384 e. The number of fused-ring (bicyclic) bond motifs is 1. The zero-order chi connectivity index (χ0) is 11.8. The van der Waals surface area contributed by atoms with E-state index in [-0.39, 0.29) is 0 Å². The normalized spacial score (nSPS) is 10.9. The number of benzene rings is 1. The Balaban J connectivity index is 2.14. The quantitative estimate of drug-likeness (QED) is 0.711. The zero-order valence-corrected chi connectivity index (χ0v) is 10.2. The second-order valence-corrected chi connectivity index (χ2v) is 4.99. The maximum atomic E-state index is 5.57. The molecular formula is C13H11N3S. The van der Waals surface area contributed by atoms with E-state index in [1.165, 1.54) is 10.3 Å². The third-order valence-corrected chi connectivity index (χ3v) is 3.66. The molecule has 2 heterocycles. The average molecular weight is 241 g/mol. The lowest BCUT2D eigenvalue weighted by atomic mass is 10.2. The van der Waals surface area contributed by atoms with Crippen LogP contribution >= 0.6 is 11.3 Å². The second-order valence-electron chi connectivity index (χ2n) is 3.96. The van der Waals surface area contributed by atoms with Crippen molar-refractivity contribution in [2.24, 2.45) is 0 Å². The van der Waals surface area contributed by atoms with E-state index in [1.807, 2.05) is 6.07 Å². The predicted octanol–water partition coefficient (Wildman–Crippen LogP) is 3.25. The fraction of sp³-hybridized carbons (Fsp3) is 0.0769. The first-order valence-electron chi connectivity index (χ1n) is 5.31. The van der Waals surface area contributed by atoms with E-state index in [2.05, 4.69) is 35.1 Å². The van der Waals surface area contributed by atoms with Crippen molar-refractivity contribution in [3.05, 3.63) is 42.1 Å². The van der Waals surface area contributed by atoms with Crippen LogP contribution in [0.5, 0.6) is 0 Å². The van der Waals surface area contributed by atoms with E-state index in [9.17, 15) is 0 Å². The van der Waals surface area contributed by atoms with Crippen molar-refractivity contribution >= 4 is 27.4 Å². The van der Waals surface area contributed by atoms with E-state index in [0.717, 1.165) is 16.1 Å². The molecule has 84 valence electrons. The minimum absolute atomic E-state index is 0.533. The van der Waals surface area contributed by atoms with Crippen LogP contribution in [0.25, 0.3) is 20.8 Å². The van der Waals surface area contributed by atoms with Gasteiger partial charge in [0.25, 0.3) is 0 Å². The number of aryl methyl sites for hydroxylation is 1. The molecule has 0 radical (unpaired) electrons. The molecule has 0 atom stereocenters. The number of nitrogens with two attached hydrogens (primary N) is 1. The van der Waals surface area contributed by atoms with Crippen LogP contribution in [0.3, 0.4) is 0 Å². The number of hydrogen-bond donors (Lipinski definition) is 1. The summed E-state index contributed by atoms with van der Waals surface area (Å²) >= 11 is 1.67. The summed E-state index contributed by atoms with van der Waals surface area (Å²) in [5.41, 5.74) is 8.85. The van der Waals surface area contributed by atoms with Crippen LogP contribution in [-0.2, 0) is 0 Å². The SMILES string of the molecule is Cc1ccc2sc(-c3ccc(N)nc3)nc2c1. The number of thiazole rings is 1. The number of pyridine rings is 1. The fourth-order valence-electron chi connectivity index (χ4n) is 1.69. The number of nitrogens with zero attached hydrogens (tertiary/aromatic N) is 2. The van der Waals surface area contributed by atoms with Crippen molar-refractivity contribution in [2.45, 2.75) is 6.92 Å². The highest BCUT2D eigenvalue weighted by atomic mass is 32.1. The Labute approximate surface area is 103 Å². The molecule has 4 heteroatoms. The molecule has 0 unspecified atom stereocenters. The lowest BCUT2D eigenvalue weighted by molar-refractivity contribution is 1.33. The summed E-state index contributed by atoms with van der Waals surface area (Å²) in [4.78, 5) is 8.70. The molecule has 0 fully saturated rings. The van der Waals surface area contributed by atoms with Crippen LogP contribution in [0.15, 0.2) is 36.5 Å². The second kappa shape index (κ2) is 3.82. The van der Waals surface area contributed by atoms with Gasteiger partial charge in [0.1, 0.15) is 10.8 Å². The van der Waals surface area contributed by atoms with Gasteiger partial charge < -0.3 is 5.73 Å². The van der Waals surface area contributed by atoms with Crippen molar-refractivity contribution < 1.29 is 0 Å². The Morgan fingerprint density at radius 1 is 1.18 bits per heavy atom. The highest BCUT2D eigenvalue weighted by molar-refractivity contribution is 7.21. The molecule has 0 spiro atoms. The Morgan fingerprint density at radius 2 is 2.06 bits per heavy atom.